The predicted molar refractivity (Wildman–Crippen MR) is 82.2 cm³/mol. The molecule has 18 heavy (non-hydrogen) atoms. The lowest BCUT2D eigenvalue weighted by Crippen LogP contribution is -2.35. The van der Waals surface area contributed by atoms with Gasteiger partial charge in [0.2, 0.25) is 5.91 Å². The van der Waals surface area contributed by atoms with Crippen LogP contribution in [0.4, 0.5) is 0 Å². The van der Waals surface area contributed by atoms with Crippen LogP contribution in [0.25, 0.3) is 0 Å². The Balaban J connectivity index is 0.00000289. The van der Waals surface area contributed by atoms with E-state index in [0.717, 1.165) is 25.9 Å². The molecule has 7 heteroatoms. The SMILES string of the molecule is CCOCCCNC(N)=NCC(=O)NC1CC1.I. The molecule has 6 nitrogen and oxygen atoms in total. The van der Waals surface area contributed by atoms with Gasteiger partial charge in [-0.15, -0.1) is 24.0 Å². The summed E-state index contributed by atoms with van der Waals surface area (Å²) in [5.41, 5.74) is 5.60. The highest BCUT2D eigenvalue weighted by atomic mass is 127. The lowest BCUT2D eigenvalue weighted by molar-refractivity contribution is -0.119. The molecule has 106 valence electrons. The Morgan fingerprint density at radius 1 is 1.50 bits per heavy atom. The molecule has 0 spiro atoms. The maximum absolute atomic E-state index is 11.3. The van der Waals surface area contributed by atoms with Gasteiger partial charge in [0.25, 0.3) is 0 Å². The zero-order valence-corrected chi connectivity index (χ0v) is 13.1. The molecule has 1 aliphatic rings. The van der Waals surface area contributed by atoms with E-state index in [2.05, 4.69) is 15.6 Å². The van der Waals surface area contributed by atoms with Gasteiger partial charge in [0, 0.05) is 25.8 Å². The Bertz CT molecular complexity index is 270. The molecule has 1 saturated carbocycles. The fourth-order valence-corrected chi connectivity index (χ4v) is 1.25. The quantitative estimate of drug-likeness (QED) is 0.247. The molecule has 0 atom stereocenters. The van der Waals surface area contributed by atoms with Crippen molar-refractivity contribution in [1.82, 2.24) is 10.6 Å². The number of nitrogens with two attached hydrogens (primary N) is 1. The molecule has 0 bridgehead atoms. The number of carbonyl (C=O) groups excluding carboxylic acids is 1. The number of aliphatic imine (C=N–C) groups is 1. The number of halogens is 1. The smallest absolute Gasteiger partial charge is 0.242 e. The van der Waals surface area contributed by atoms with E-state index >= 15 is 0 Å². The van der Waals surface area contributed by atoms with Crippen LogP contribution in [0.1, 0.15) is 26.2 Å². The van der Waals surface area contributed by atoms with Crippen LogP contribution in [0.3, 0.4) is 0 Å². The number of carbonyl (C=O) groups is 1. The van der Waals surface area contributed by atoms with Crippen LogP contribution in [-0.4, -0.2) is 44.2 Å². The monoisotopic (exact) mass is 370 g/mol. The molecule has 0 aliphatic heterocycles. The largest absolute Gasteiger partial charge is 0.382 e. The van der Waals surface area contributed by atoms with E-state index in [1.165, 1.54) is 0 Å². The van der Waals surface area contributed by atoms with Crippen molar-refractivity contribution < 1.29 is 9.53 Å². The summed E-state index contributed by atoms with van der Waals surface area (Å²) in [6.45, 7) is 4.20. The maximum Gasteiger partial charge on any atom is 0.242 e. The van der Waals surface area contributed by atoms with Crippen LogP contribution in [-0.2, 0) is 9.53 Å². The molecule has 0 aromatic rings. The Hall–Kier alpha value is -0.570. The summed E-state index contributed by atoms with van der Waals surface area (Å²) in [5.74, 6) is 0.249. The van der Waals surface area contributed by atoms with Gasteiger partial charge in [-0.25, -0.2) is 4.99 Å². The Labute approximate surface area is 125 Å². The molecule has 0 aromatic carbocycles. The number of rotatable bonds is 8. The topological polar surface area (TPSA) is 88.7 Å². The van der Waals surface area contributed by atoms with Crippen LogP contribution < -0.4 is 16.4 Å². The van der Waals surface area contributed by atoms with Crippen molar-refractivity contribution >= 4 is 35.8 Å². The highest BCUT2D eigenvalue weighted by Crippen LogP contribution is 2.18. The molecule has 1 aliphatic carbocycles. The molecule has 0 aromatic heterocycles. The van der Waals surface area contributed by atoms with E-state index < -0.39 is 0 Å². The number of guanidine groups is 1. The molecule has 0 heterocycles. The first-order valence-electron chi connectivity index (χ1n) is 6.13. The van der Waals surface area contributed by atoms with Crippen molar-refractivity contribution in [3.05, 3.63) is 0 Å². The first-order valence-corrected chi connectivity index (χ1v) is 6.13. The van der Waals surface area contributed by atoms with Crippen molar-refractivity contribution in [2.45, 2.75) is 32.2 Å². The number of hydrogen-bond donors (Lipinski definition) is 3. The van der Waals surface area contributed by atoms with E-state index in [1.54, 1.807) is 0 Å². The van der Waals surface area contributed by atoms with Crippen LogP contribution in [0.2, 0.25) is 0 Å². The lowest BCUT2D eigenvalue weighted by Gasteiger charge is -2.05. The Morgan fingerprint density at radius 2 is 2.22 bits per heavy atom. The van der Waals surface area contributed by atoms with Crippen molar-refractivity contribution in [3.63, 3.8) is 0 Å². The zero-order valence-electron chi connectivity index (χ0n) is 10.8. The van der Waals surface area contributed by atoms with Gasteiger partial charge < -0.3 is 21.1 Å². The number of hydrogen-bond acceptors (Lipinski definition) is 3. The summed E-state index contributed by atoms with van der Waals surface area (Å²) >= 11 is 0. The average molecular weight is 370 g/mol. The minimum atomic E-state index is -0.0634. The van der Waals surface area contributed by atoms with Gasteiger partial charge in [-0.3, -0.25) is 4.79 Å². The minimum absolute atomic E-state index is 0. The summed E-state index contributed by atoms with van der Waals surface area (Å²) in [6.07, 6.45) is 3.04. The summed E-state index contributed by atoms with van der Waals surface area (Å²) in [5, 5.41) is 5.78. The van der Waals surface area contributed by atoms with Crippen molar-refractivity contribution in [2.24, 2.45) is 10.7 Å². The number of nitrogens with zero attached hydrogens (tertiary/aromatic N) is 1. The average Bonchev–Trinajstić information content (AvgIpc) is 3.10. The number of nitrogens with one attached hydrogen (secondary N) is 2. The van der Waals surface area contributed by atoms with Crippen LogP contribution >= 0.6 is 24.0 Å². The molecule has 0 saturated heterocycles. The summed E-state index contributed by atoms with van der Waals surface area (Å²) in [4.78, 5) is 15.2. The number of ether oxygens (including phenoxy) is 1. The summed E-state index contributed by atoms with van der Waals surface area (Å²) in [7, 11) is 0. The lowest BCUT2D eigenvalue weighted by atomic mass is 10.4. The van der Waals surface area contributed by atoms with Gasteiger partial charge >= 0.3 is 0 Å². The van der Waals surface area contributed by atoms with Gasteiger partial charge in [-0.05, 0) is 26.2 Å². The fourth-order valence-electron chi connectivity index (χ4n) is 1.25. The number of amides is 1. The molecule has 0 unspecified atom stereocenters. The third kappa shape index (κ3) is 9.46. The highest BCUT2D eigenvalue weighted by molar-refractivity contribution is 14.0. The zero-order chi connectivity index (χ0) is 12.5. The van der Waals surface area contributed by atoms with Crippen LogP contribution in [0.15, 0.2) is 4.99 Å². The molecule has 4 N–H and O–H groups in total. The van der Waals surface area contributed by atoms with Crippen molar-refractivity contribution in [3.8, 4) is 0 Å². The van der Waals surface area contributed by atoms with E-state index in [9.17, 15) is 4.79 Å². The van der Waals surface area contributed by atoms with E-state index in [-0.39, 0.29) is 36.4 Å². The van der Waals surface area contributed by atoms with Gasteiger partial charge in [0.05, 0.1) is 0 Å². The third-order valence-corrected chi connectivity index (χ3v) is 2.31. The second-order valence-electron chi connectivity index (χ2n) is 4.02. The third-order valence-electron chi connectivity index (χ3n) is 2.31. The minimum Gasteiger partial charge on any atom is -0.382 e. The molecule has 0 radical (unpaired) electrons. The first kappa shape index (κ1) is 17.4. The molecule has 1 rings (SSSR count). The van der Waals surface area contributed by atoms with Crippen molar-refractivity contribution in [2.75, 3.05) is 26.3 Å². The maximum atomic E-state index is 11.3. The first-order chi connectivity index (χ1) is 8.22. The predicted octanol–water partition coefficient (Wildman–Crippen LogP) is 0.214. The van der Waals surface area contributed by atoms with Gasteiger partial charge in [0.15, 0.2) is 5.96 Å². The Morgan fingerprint density at radius 3 is 2.83 bits per heavy atom. The fraction of sp³-hybridized carbons (Fsp3) is 0.818. The van der Waals surface area contributed by atoms with Gasteiger partial charge in [-0.1, -0.05) is 0 Å². The van der Waals surface area contributed by atoms with Crippen LogP contribution in [0.5, 0.6) is 0 Å². The summed E-state index contributed by atoms with van der Waals surface area (Å²) in [6, 6.07) is 0.373. The molecular weight excluding hydrogens is 347 g/mol. The standard InChI is InChI=1S/C11H22N4O2.HI/c1-2-17-7-3-6-13-11(12)14-8-10(16)15-9-4-5-9;/h9H,2-8H2,1H3,(H,15,16)(H3,12,13,14);1H. The van der Waals surface area contributed by atoms with Gasteiger partial charge in [0.1, 0.15) is 6.54 Å². The van der Waals surface area contributed by atoms with Crippen molar-refractivity contribution in [1.29, 1.82) is 0 Å². The summed E-state index contributed by atoms with van der Waals surface area (Å²) < 4.78 is 5.18. The van der Waals surface area contributed by atoms with E-state index in [4.69, 9.17) is 10.5 Å². The van der Waals surface area contributed by atoms with E-state index in [1.807, 2.05) is 6.92 Å². The second-order valence-corrected chi connectivity index (χ2v) is 4.02. The highest BCUT2D eigenvalue weighted by Gasteiger charge is 2.22. The molecule has 1 amide bonds. The van der Waals surface area contributed by atoms with Gasteiger partial charge in [-0.2, -0.15) is 0 Å². The van der Waals surface area contributed by atoms with E-state index in [0.29, 0.717) is 25.2 Å². The molecular formula is C11H23IN4O2. The second kappa shape index (κ2) is 10.4. The molecule has 1 fully saturated rings. The normalized spacial score (nSPS) is 14.8. The van der Waals surface area contributed by atoms with Crippen LogP contribution in [0, 0.1) is 0 Å². The Kier molecular flexibility index (Phi) is 10.0.